The zero-order valence-corrected chi connectivity index (χ0v) is 12.9. The van der Waals surface area contributed by atoms with Crippen LogP contribution in [0.15, 0.2) is 36.4 Å². The maximum atomic E-state index is 9.45. The van der Waals surface area contributed by atoms with Crippen molar-refractivity contribution in [3.63, 3.8) is 0 Å². The van der Waals surface area contributed by atoms with Crippen molar-refractivity contribution >= 4 is 10.8 Å². The molecule has 0 N–H and O–H groups in total. The molecule has 2 aromatic rings. The second kappa shape index (κ2) is 5.26. The topological polar surface area (TPSA) is 27.0 Å². The molecule has 2 nitrogen and oxygen atoms in total. The molecule has 0 bridgehead atoms. The Morgan fingerprint density at radius 1 is 1.05 bits per heavy atom. The maximum Gasteiger partial charge on any atom is 0.0714 e. The Bertz CT molecular complexity index is 663. The van der Waals surface area contributed by atoms with E-state index in [1.165, 1.54) is 21.9 Å². The number of nitrogens with zero attached hydrogens (tertiary/aromatic N) is 2. The summed E-state index contributed by atoms with van der Waals surface area (Å²) in [5.41, 5.74) is 2.03. The number of hydrogen-bond donors (Lipinski definition) is 0. The third-order valence-electron chi connectivity index (χ3n) is 3.82. The Kier molecular flexibility index (Phi) is 3.83. The molecule has 2 rings (SSSR count). The molecule has 104 valence electrons. The third-order valence-corrected chi connectivity index (χ3v) is 3.82. The second-order valence-corrected chi connectivity index (χ2v) is 6.31. The molecule has 1 atom stereocenters. The first-order valence-corrected chi connectivity index (χ1v) is 6.93. The normalized spacial score (nSPS) is 13.4. The van der Waals surface area contributed by atoms with Crippen LogP contribution in [0.25, 0.3) is 10.8 Å². The van der Waals surface area contributed by atoms with Gasteiger partial charge in [0.05, 0.1) is 17.5 Å². The summed E-state index contributed by atoms with van der Waals surface area (Å²) in [6.07, 6.45) is 0. The van der Waals surface area contributed by atoms with Crippen LogP contribution in [-0.4, -0.2) is 19.0 Å². The molecular formula is C18H22N2. The minimum atomic E-state index is -0.429. The van der Waals surface area contributed by atoms with Crippen LogP contribution >= 0.6 is 0 Å². The molecule has 1 unspecified atom stereocenters. The fourth-order valence-corrected chi connectivity index (χ4v) is 2.98. The molecule has 20 heavy (non-hydrogen) atoms. The van der Waals surface area contributed by atoms with Gasteiger partial charge in [0.1, 0.15) is 0 Å². The van der Waals surface area contributed by atoms with Crippen molar-refractivity contribution in [2.24, 2.45) is 5.41 Å². The largest absolute Gasteiger partial charge is 0.301 e. The smallest absolute Gasteiger partial charge is 0.0714 e. The monoisotopic (exact) mass is 266 g/mol. The van der Waals surface area contributed by atoms with Crippen molar-refractivity contribution in [3.05, 3.63) is 47.5 Å². The first-order chi connectivity index (χ1) is 9.35. The van der Waals surface area contributed by atoms with E-state index in [1.54, 1.807) is 0 Å². The highest BCUT2D eigenvalue weighted by molar-refractivity contribution is 5.83. The molecule has 0 spiro atoms. The van der Waals surface area contributed by atoms with Gasteiger partial charge in [0, 0.05) is 0 Å². The van der Waals surface area contributed by atoms with Gasteiger partial charge in [-0.1, -0.05) is 35.9 Å². The zero-order valence-electron chi connectivity index (χ0n) is 12.9. The van der Waals surface area contributed by atoms with Crippen molar-refractivity contribution in [2.45, 2.75) is 26.8 Å². The lowest BCUT2D eigenvalue weighted by Crippen LogP contribution is -2.32. The number of benzene rings is 2. The number of nitriles is 1. The van der Waals surface area contributed by atoms with Crippen molar-refractivity contribution in [1.29, 1.82) is 5.26 Å². The minimum absolute atomic E-state index is 0.0817. The van der Waals surface area contributed by atoms with Crippen molar-refractivity contribution < 1.29 is 0 Å². The molecular weight excluding hydrogens is 244 g/mol. The van der Waals surface area contributed by atoms with Crippen molar-refractivity contribution in [3.8, 4) is 6.07 Å². The lowest BCUT2D eigenvalue weighted by atomic mass is 9.80. The van der Waals surface area contributed by atoms with E-state index in [1.807, 2.05) is 27.9 Å². The van der Waals surface area contributed by atoms with E-state index >= 15 is 0 Å². The predicted octanol–water partition coefficient (Wildman–Crippen LogP) is 4.30. The Balaban J connectivity index is 2.55. The van der Waals surface area contributed by atoms with E-state index in [-0.39, 0.29) is 6.04 Å². The van der Waals surface area contributed by atoms with E-state index in [9.17, 15) is 5.26 Å². The van der Waals surface area contributed by atoms with E-state index < -0.39 is 5.41 Å². The summed E-state index contributed by atoms with van der Waals surface area (Å²) >= 11 is 0. The van der Waals surface area contributed by atoms with Gasteiger partial charge >= 0.3 is 0 Å². The van der Waals surface area contributed by atoms with E-state index in [2.05, 4.69) is 54.3 Å². The van der Waals surface area contributed by atoms with Crippen LogP contribution in [0.3, 0.4) is 0 Å². The minimum Gasteiger partial charge on any atom is -0.301 e. The predicted molar refractivity (Wildman–Crippen MR) is 84.5 cm³/mol. The number of rotatable bonds is 3. The standard InChI is InChI=1S/C18H22N2/c1-13-6-7-15-11-16(9-8-14(15)10-13)17(20(4)5)18(2,3)12-19/h6-11,17H,1-5H3. The van der Waals surface area contributed by atoms with Gasteiger partial charge in [0.25, 0.3) is 0 Å². The molecule has 0 amide bonds. The fourth-order valence-electron chi connectivity index (χ4n) is 2.98. The summed E-state index contributed by atoms with van der Waals surface area (Å²) < 4.78 is 0. The first-order valence-electron chi connectivity index (χ1n) is 6.93. The van der Waals surface area contributed by atoms with E-state index in [0.717, 1.165) is 0 Å². The molecule has 0 aliphatic rings. The highest BCUT2D eigenvalue weighted by Crippen LogP contribution is 2.37. The number of fused-ring (bicyclic) bond motifs is 1. The quantitative estimate of drug-likeness (QED) is 0.828. The highest BCUT2D eigenvalue weighted by Gasteiger charge is 2.32. The van der Waals surface area contributed by atoms with Crippen LogP contribution in [0.1, 0.15) is 31.0 Å². The fraction of sp³-hybridized carbons (Fsp3) is 0.389. The molecule has 0 heterocycles. The van der Waals surface area contributed by atoms with Gasteiger partial charge in [-0.25, -0.2) is 0 Å². The van der Waals surface area contributed by atoms with Gasteiger partial charge in [-0.3, -0.25) is 0 Å². The SMILES string of the molecule is Cc1ccc2cc(C(N(C)C)C(C)(C)C#N)ccc2c1. The Morgan fingerprint density at radius 2 is 1.65 bits per heavy atom. The summed E-state index contributed by atoms with van der Waals surface area (Å²) in [5.74, 6) is 0. The summed E-state index contributed by atoms with van der Waals surface area (Å²) in [7, 11) is 4.06. The summed E-state index contributed by atoms with van der Waals surface area (Å²) in [6, 6.07) is 15.5. The molecule has 0 aromatic heterocycles. The molecule has 0 radical (unpaired) electrons. The second-order valence-electron chi connectivity index (χ2n) is 6.31. The zero-order chi connectivity index (χ0) is 14.9. The van der Waals surface area contributed by atoms with Crippen LogP contribution in [0.5, 0.6) is 0 Å². The number of aryl methyl sites for hydroxylation is 1. The molecule has 0 aliphatic heterocycles. The number of hydrogen-bond acceptors (Lipinski definition) is 2. The van der Waals surface area contributed by atoms with Gasteiger partial charge in [0.15, 0.2) is 0 Å². The Morgan fingerprint density at radius 3 is 2.25 bits per heavy atom. The Labute approximate surface area is 121 Å². The molecule has 0 aliphatic carbocycles. The average molecular weight is 266 g/mol. The lowest BCUT2D eigenvalue weighted by molar-refractivity contribution is 0.185. The average Bonchev–Trinajstić information content (AvgIpc) is 2.38. The molecule has 0 saturated carbocycles. The van der Waals surface area contributed by atoms with Crippen molar-refractivity contribution in [2.75, 3.05) is 14.1 Å². The third kappa shape index (κ3) is 2.69. The maximum absolute atomic E-state index is 9.45. The van der Waals surface area contributed by atoms with Crippen LogP contribution in [0.2, 0.25) is 0 Å². The van der Waals surface area contributed by atoms with E-state index in [4.69, 9.17) is 0 Å². The molecule has 2 aromatic carbocycles. The van der Waals surface area contributed by atoms with Crippen molar-refractivity contribution in [1.82, 2.24) is 4.90 Å². The van der Waals surface area contributed by atoms with Gasteiger partial charge in [-0.05, 0) is 57.3 Å². The van der Waals surface area contributed by atoms with Gasteiger partial charge < -0.3 is 4.90 Å². The van der Waals surface area contributed by atoms with Crippen LogP contribution in [0, 0.1) is 23.7 Å². The molecule has 2 heteroatoms. The summed E-state index contributed by atoms with van der Waals surface area (Å²) in [5, 5.41) is 11.9. The summed E-state index contributed by atoms with van der Waals surface area (Å²) in [6.45, 7) is 6.10. The summed E-state index contributed by atoms with van der Waals surface area (Å²) in [4.78, 5) is 2.12. The van der Waals surface area contributed by atoms with Gasteiger partial charge in [0.2, 0.25) is 0 Å². The molecule has 0 fully saturated rings. The highest BCUT2D eigenvalue weighted by atomic mass is 15.1. The van der Waals surface area contributed by atoms with Gasteiger partial charge in [-0.15, -0.1) is 0 Å². The van der Waals surface area contributed by atoms with Crippen LogP contribution < -0.4 is 0 Å². The Hall–Kier alpha value is -1.85. The van der Waals surface area contributed by atoms with E-state index in [0.29, 0.717) is 0 Å². The first kappa shape index (κ1) is 14.6. The van der Waals surface area contributed by atoms with Crippen LogP contribution in [0.4, 0.5) is 0 Å². The van der Waals surface area contributed by atoms with Gasteiger partial charge in [-0.2, -0.15) is 5.26 Å². The van der Waals surface area contributed by atoms with Crippen LogP contribution in [-0.2, 0) is 0 Å². The molecule has 0 saturated heterocycles. The lowest BCUT2D eigenvalue weighted by Gasteiger charge is -2.34.